The van der Waals surface area contributed by atoms with Crippen LogP contribution in [0.15, 0.2) is 42.6 Å². The first-order valence-corrected chi connectivity index (χ1v) is 7.10. The number of nitrogens with two attached hydrogens (primary N) is 1. The molecular weight excluding hydrogens is 272 g/mol. The average Bonchev–Trinajstić information content (AvgIpc) is 2.42. The van der Waals surface area contributed by atoms with Gasteiger partial charge in [0.15, 0.2) is 0 Å². The molecule has 0 fully saturated rings. The largest absolute Gasteiger partial charge is 0.491 e. The highest BCUT2D eigenvalue weighted by molar-refractivity contribution is 6.32. The van der Waals surface area contributed by atoms with Gasteiger partial charge in [0.2, 0.25) is 0 Å². The summed E-state index contributed by atoms with van der Waals surface area (Å²) >= 11 is 6.21. The zero-order valence-electron chi connectivity index (χ0n) is 11.6. The Kier molecular flexibility index (Phi) is 5.39. The number of hydrogen-bond donors (Lipinski definition) is 1. The van der Waals surface area contributed by atoms with Crippen molar-refractivity contribution in [1.82, 2.24) is 4.98 Å². The monoisotopic (exact) mass is 290 g/mol. The van der Waals surface area contributed by atoms with Gasteiger partial charge in [0.1, 0.15) is 5.75 Å². The lowest BCUT2D eigenvalue weighted by Crippen LogP contribution is -2.18. The van der Waals surface area contributed by atoms with Crippen molar-refractivity contribution in [3.8, 4) is 5.75 Å². The Morgan fingerprint density at radius 3 is 2.80 bits per heavy atom. The molecular formula is C16H19ClN2O. The van der Waals surface area contributed by atoms with E-state index in [2.05, 4.69) is 4.98 Å². The average molecular weight is 291 g/mol. The third-order valence-corrected chi connectivity index (χ3v) is 3.22. The van der Waals surface area contributed by atoms with Crippen molar-refractivity contribution in [2.75, 3.05) is 6.61 Å². The van der Waals surface area contributed by atoms with Gasteiger partial charge in [-0.1, -0.05) is 29.8 Å². The van der Waals surface area contributed by atoms with Crippen molar-refractivity contribution >= 4 is 11.6 Å². The summed E-state index contributed by atoms with van der Waals surface area (Å²) in [7, 11) is 0. The predicted octanol–water partition coefficient (Wildman–Crippen LogP) is 3.25. The van der Waals surface area contributed by atoms with Gasteiger partial charge in [-0.05, 0) is 37.1 Å². The van der Waals surface area contributed by atoms with Crippen LogP contribution < -0.4 is 10.5 Å². The fourth-order valence-corrected chi connectivity index (χ4v) is 2.28. The van der Waals surface area contributed by atoms with Crippen LogP contribution in [0.25, 0.3) is 0 Å². The van der Waals surface area contributed by atoms with Gasteiger partial charge in [-0.25, -0.2) is 0 Å². The van der Waals surface area contributed by atoms with E-state index in [0.29, 0.717) is 11.6 Å². The van der Waals surface area contributed by atoms with Crippen LogP contribution in [0.5, 0.6) is 5.75 Å². The molecule has 0 aliphatic carbocycles. The second-order valence-electron chi connectivity index (χ2n) is 4.83. The lowest BCUT2D eigenvalue weighted by atomic mass is 10.1. The van der Waals surface area contributed by atoms with Crippen LogP contribution >= 0.6 is 11.6 Å². The molecule has 1 heterocycles. The molecule has 0 saturated heterocycles. The van der Waals surface area contributed by atoms with Crippen molar-refractivity contribution in [1.29, 1.82) is 0 Å². The Morgan fingerprint density at radius 1 is 1.25 bits per heavy atom. The molecule has 1 aromatic heterocycles. The van der Waals surface area contributed by atoms with Gasteiger partial charge < -0.3 is 10.5 Å². The third-order valence-electron chi connectivity index (χ3n) is 2.92. The fourth-order valence-electron chi connectivity index (χ4n) is 2.03. The number of nitrogens with zero attached hydrogens (tertiary/aromatic N) is 1. The number of hydrogen-bond acceptors (Lipinski definition) is 3. The molecule has 2 aromatic rings. The van der Waals surface area contributed by atoms with E-state index in [-0.39, 0.29) is 6.04 Å². The van der Waals surface area contributed by atoms with Gasteiger partial charge in [0.05, 0.1) is 11.6 Å². The molecule has 1 atom stereocenters. The zero-order valence-corrected chi connectivity index (χ0v) is 12.3. The van der Waals surface area contributed by atoms with E-state index in [9.17, 15) is 0 Å². The van der Waals surface area contributed by atoms with E-state index in [0.717, 1.165) is 29.8 Å². The molecule has 0 bridgehead atoms. The van der Waals surface area contributed by atoms with Crippen LogP contribution in [0.1, 0.15) is 18.2 Å². The first kappa shape index (κ1) is 14.8. The smallest absolute Gasteiger partial charge is 0.141 e. The summed E-state index contributed by atoms with van der Waals surface area (Å²) in [6, 6.07) is 11.7. The number of benzene rings is 1. The minimum atomic E-state index is 0.0756. The van der Waals surface area contributed by atoms with Crippen molar-refractivity contribution in [3.05, 3.63) is 58.9 Å². The van der Waals surface area contributed by atoms with Crippen LogP contribution in [-0.4, -0.2) is 17.6 Å². The molecule has 0 aliphatic rings. The van der Waals surface area contributed by atoms with Crippen molar-refractivity contribution in [3.63, 3.8) is 0 Å². The molecule has 4 heteroatoms. The van der Waals surface area contributed by atoms with E-state index >= 15 is 0 Å². The predicted molar refractivity (Wildman–Crippen MR) is 82.2 cm³/mol. The number of para-hydroxylation sites is 1. The van der Waals surface area contributed by atoms with Crippen LogP contribution in [0.2, 0.25) is 5.02 Å². The maximum absolute atomic E-state index is 6.21. The Bertz CT molecular complexity index is 543. The van der Waals surface area contributed by atoms with Crippen LogP contribution in [0.4, 0.5) is 0 Å². The quantitative estimate of drug-likeness (QED) is 0.888. The lowest BCUT2D eigenvalue weighted by Gasteiger charge is -2.14. The molecule has 2 N–H and O–H groups in total. The molecule has 106 valence electrons. The molecule has 1 unspecified atom stereocenters. The highest BCUT2D eigenvalue weighted by atomic mass is 35.5. The van der Waals surface area contributed by atoms with E-state index in [1.807, 2.05) is 43.3 Å². The summed E-state index contributed by atoms with van der Waals surface area (Å²) in [5.41, 5.74) is 7.91. The first-order valence-electron chi connectivity index (χ1n) is 6.72. The van der Waals surface area contributed by atoms with Gasteiger partial charge in [0, 0.05) is 24.4 Å². The number of rotatable bonds is 6. The Hall–Kier alpha value is -1.58. The molecule has 0 amide bonds. The van der Waals surface area contributed by atoms with E-state index in [1.54, 1.807) is 6.20 Å². The maximum Gasteiger partial charge on any atom is 0.141 e. The lowest BCUT2D eigenvalue weighted by molar-refractivity contribution is 0.317. The zero-order chi connectivity index (χ0) is 14.4. The van der Waals surface area contributed by atoms with Crippen LogP contribution in [-0.2, 0) is 12.8 Å². The van der Waals surface area contributed by atoms with Gasteiger partial charge >= 0.3 is 0 Å². The summed E-state index contributed by atoms with van der Waals surface area (Å²) in [6.45, 7) is 2.52. The maximum atomic E-state index is 6.21. The minimum absolute atomic E-state index is 0.0756. The second kappa shape index (κ2) is 7.27. The van der Waals surface area contributed by atoms with Crippen molar-refractivity contribution in [2.45, 2.75) is 25.8 Å². The van der Waals surface area contributed by atoms with E-state index in [4.69, 9.17) is 22.1 Å². The van der Waals surface area contributed by atoms with Crippen molar-refractivity contribution < 1.29 is 4.74 Å². The van der Waals surface area contributed by atoms with Gasteiger partial charge in [-0.3, -0.25) is 4.98 Å². The molecule has 2 rings (SSSR count). The standard InChI is InChI=1S/C16H19ClN2O/c1-12(18)11-13-5-4-7-15(17)16(13)20-10-8-14-6-2-3-9-19-14/h2-7,9,12H,8,10-11,18H2,1H3. The summed E-state index contributed by atoms with van der Waals surface area (Å²) < 4.78 is 5.85. The minimum Gasteiger partial charge on any atom is -0.491 e. The Labute approximate surface area is 124 Å². The number of pyridine rings is 1. The van der Waals surface area contributed by atoms with Gasteiger partial charge in [0.25, 0.3) is 0 Å². The molecule has 1 aromatic carbocycles. The molecule has 0 radical (unpaired) electrons. The van der Waals surface area contributed by atoms with Crippen molar-refractivity contribution in [2.24, 2.45) is 5.73 Å². The highest BCUT2D eigenvalue weighted by Crippen LogP contribution is 2.29. The van der Waals surface area contributed by atoms with Gasteiger partial charge in [-0.2, -0.15) is 0 Å². The van der Waals surface area contributed by atoms with E-state index in [1.165, 1.54) is 0 Å². The van der Waals surface area contributed by atoms with E-state index < -0.39 is 0 Å². The van der Waals surface area contributed by atoms with Crippen LogP contribution in [0, 0.1) is 0 Å². The number of halogens is 1. The number of ether oxygens (including phenoxy) is 1. The SMILES string of the molecule is CC(N)Cc1cccc(Cl)c1OCCc1ccccn1. The Balaban J connectivity index is 2.01. The summed E-state index contributed by atoms with van der Waals surface area (Å²) in [5, 5.41) is 0.629. The molecule has 0 saturated carbocycles. The molecule has 3 nitrogen and oxygen atoms in total. The topological polar surface area (TPSA) is 48.1 Å². The van der Waals surface area contributed by atoms with Gasteiger partial charge in [-0.15, -0.1) is 0 Å². The summed E-state index contributed by atoms with van der Waals surface area (Å²) in [6.07, 6.45) is 3.29. The second-order valence-corrected chi connectivity index (χ2v) is 5.24. The molecule has 20 heavy (non-hydrogen) atoms. The Morgan fingerprint density at radius 2 is 2.10 bits per heavy atom. The highest BCUT2D eigenvalue weighted by Gasteiger charge is 2.10. The fraction of sp³-hybridized carbons (Fsp3) is 0.312. The third kappa shape index (κ3) is 4.22. The summed E-state index contributed by atoms with van der Waals surface area (Å²) in [4.78, 5) is 4.27. The normalized spacial score (nSPS) is 12.2. The molecule has 0 spiro atoms. The van der Waals surface area contributed by atoms with Crippen LogP contribution in [0.3, 0.4) is 0 Å². The molecule has 0 aliphatic heterocycles. The number of aromatic nitrogens is 1. The first-order chi connectivity index (χ1) is 9.66. The summed E-state index contributed by atoms with van der Waals surface area (Å²) in [5.74, 6) is 0.738.